The van der Waals surface area contributed by atoms with E-state index in [2.05, 4.69) is 32.8 Å². The molecule has 0 bridgehead atoms. The van der Waals surface area contributed by atoms with Crippen LogP contribution in [0.25, 0.3) is 0 Å². The maximum Gasteiger partial charge on any atom is 0.268 e. The second-order valence-corrected chi connectivity index (χ2v) is 6.71. The smallest absolute Gasteiger partial charge is 0.268 e. The molecule has 0 saturated carbocycles. The molecule has 100 valence electrons. The van der Waals surface area contributed by atoms with Crippen LogP contribution in [0.5, 0.6) is 0 Å². The van der Waals surface area contributed by atoms with E-state index in [1.54, 1.807) is 23.1 Å². The average molecular weight is 294 g/mol. The van der Waals surface area contributed by atoms with E-state index in [1.807, 2.05) is 0 Å². The largest absolute Gasteiger partial charge is 0.369 e. The van der Waals surface area contributed by atoms with Crippen LogP contribution in [0.2, 0.25) is 0 Å². The van der Waals surface area contributed by atoms with Gasteiger partial charge in [-0.2, -0.15) is 4.98 Å². The number of fused-ring (bicyclic) bond motifs is 1. The van der Waals surface area contributed by atoms with Crippen LogP contribution in [-0.2, 0) is 6.42 Å². The van der Waals surface area contributed by atoms with Crippen molar-refractivity contribution in [2.75, 3.05) is 17.6 Å². The number of aromatic nitrogens is 2. The van der Waals surface area contributed by atoms with Gasteiger partial charge in [0.25, 0.3) is 5.56 Å². The molecule has 19 heavy (non-hydrogen) atoms. The number of hydrogen-bond donors (Lipinski definition) is 3. The Morgan fingerprint density at radius 1 is 1.53 bits per heavy atom. The maximum atomic E-state index is 11.8. The number of hydrogen-bond acceptors (Lipinski definition) is 6. The molecule has 0 saturated heterocycles. The van der Waals surface area contributed by atoms with Gasteiger partial charge in [-0.3, -0.25) is 9.78 Å². The van der Waals surface area contributed by atoms with Gasteiger partial charge in [-0.25, -0.2) is 0 Å². The Hall–Kier alpha value is -1.47. The minimum absolute atomic E-state index is 0.152. The summed E-state index contributed by atoms with van der Waals surface area (Å²) < 4.78 is 0. The SMILES string of the molecule is Nc1nc2c(c(=O)[nH]1)S[C@H](CCc1cccs1)CN2. The molecule has 1 aliphatic rings. The van der Waals surface area contributed by atoms with Crippen molar-refractivity contribution in [3.63, 3.8) is 0 Å². The van der Waals surface area contributed by atoms with Crippen molar-refractivity contribution in [2.45, 2.75) is 23.0 Å². The van der Waals surface area contributed by atoms with Crippen molar-refractivity contribution in [2.24, 2.45) is 0 Å². The summed E-state index contributed by atoms with van der Waals surface area (Å²) in [5.41, 5.74) is 5.37. The molecule has 0 fully saturated rings. The molecule has 3 rings (SSSR count). The first-order valence-electron chi connectivity index (χ1n) is 6.05. The Morgan fingerprint density at radius 2 is 2.42 bits per heavy atom. The molecule has 1 aliphatic heterocycles. The quantitative estimate of drug-likeness (QED) is 0.805. The third-order valence-electron chi connectivity index (χ3n) is 2.97. The first kappa shape index (κ1) is 12.6. The highest BCUT2D eigenvalue weighted by atomic mass is 32.2. The number of nitrogens with zero attached hydrogens (tertiary/aromatic N) is 1. The van der Waals surface area contributed by atoms with Crippen molar-refractivity contribution in [3.8, 4) is 0 Å². The van der Waals surface area contributed by atoms with Crippen LogP contribution in [-0.4, -0.2) is 21.8 Å². The van der Waals surface area contributed by atoms with Crippen molar-refractivity contribution in [3.05, 3.63) is 32.7 Å². The van der Waals surface area contributed by atoms with Crippen LogP contribution in [0.4, 0.5) is 11.8 Å². The van der Waals surface area contributed by atoms with Gasteiger partial charge >= 0.3 is 0 Å². The molecule has 3 heterocycles. The fourth-order valence-corrected chi connectivity index (χ4v) is 3.89. The molecule has 0 spiro atoms. The fraction of sp³-hybridized carbons (Fsp3) is 0.333. The maximum absolute atomic E-state index is 11.8. The predicted molar refractivity (Wildman–Crippen MR) is 80.0 cm³/mol. The molecule has 0 unspecified atom stereocenters. The van der Waals surface area contributed by atoms with Gasteiger partial charge in [0, 0.05) is 16.7 Å². The number of anilines is 2. The molecular formula is C12H14N4OS2. The lowest BCUT2D eigenvalue weighted by Gasteiger charge is -2.23. The zero-order chi connectivity index (χ0) is 13.2. The summed E-state index contributed by atoms with van der Waals surface area (Å²) in [5.74, 6) is 0.771. The van der Waals surface area contributed by atoms with E-state index in [0.29, 0.717) is 16.0 Å². The number of aromatic amines is 1. The highest BCUT2D eigenvalue weighted by molar-refractivity contribution is 8.00. The fourth-order valence-electron chi connectivity index (χ4n) is 2.05. The summed E-state index contributed by atoms with van der Waals surface area (Å²) in [6.45, 7) is 0.818. The number of H-pyrrole nitrogens is 1. The monoisotopic (exact) mass is 294 g/mol. The van der Waals surface area contributed by atoms with E-state index in [9.17, 15) is 4.79 Å². The lowest BCUT2D eigenvalue weighted by atomic mass is 10.2. The van der Waals surface area contributed by atoms with Gasteiger partial charge in [-0.05, 0) is 24.3 Å². The van der Waals surface area contributed by atoms with Gasteiger partial charge in [-0.15, -0.1) is 23.1 Å². The number of nitrogen functional groups attached to an aromatic ring is 1. The Kier molecular flexibility index (Phi) is 3.48. The van der Waals surface area contributed by atoms with E-state index in [1.165, 1.54) is 4.88 Å². The minimum atomic E-state index is -0.152. The number of thiophene rings is 1. The molecular weight excluding hydrogens is 280 g/mol. The Labute approximate surface area is 118 Å². The molecule has 2 aromatic heterocycles. The number of rotatable bonds is 3. The van der Waals surface area contributed by atoms with Crippen LogP contribution < -0.4 is 16.6 Å². The first-order valence-corrected chi connectivity index (χ1v) is 7.81. The first-order chi connectivity index (χ1) is 9.22. The zero-order valence-electron chi connectivity index (χ0n) is 10.2. The molecule has 0 aliphatic carbocycles. The highest BCUT2D eigenvalue weighted by Crippen LogP contribution is 2.33. The normalized spacial score (nSPS) is 17.8. The molecule has 5 nitrogen and oxygen atoms in total. The molecule has 4 N–H and O–H groups in total. The highest BCUT2D eigenvalue weighted by Gasteiger charge is 2.23. The van der Waals surface area contributed by atoms with E-state index in [-0.39, 0.29) is 11.5 Å². The lowest BCUT2D eigenvalue weighted by Crippen LogP contribution is -2.28. The van der Waals surface area contributed by atoms with Crippen molar-refractivity contribution >= 4 is 34.9 Å². The summed E-state index contributed by atoms with van der Waals surface area (Å²) in [6.07, 6.45) is 2.09. The van der Waals surface area contributed by atoms with Crippen LogP contribution in [0.1, 0.15) is 11.3 Å². The van der Waals surface area contributed by atoms with Crippen LogP contribution in [0, 0.1) is 0 Å². The number of aryl methyl sites for hydroxylation is 1. The second kappa shape index (κ2) is 5.26. The van der Waals surface area contributed by atoms with Crippen LogP contribution >= 0.6 is 23.1 Å². The van der Waals surface area contributed by atoms with Gasteiger partial charge in [0.1, 0.15) is 10.7 Å². The van der Waals surface area contributed by atoms with E-state index in [0.717, 1.165) is 19.4 Å². The summed E-state index contributed by atoms with van der Waals surface area (Å²) in [4.78, 5) is 20.5. The second-order valence-electron chi connectivity index (χ2n) is 4.37. The topological polar surface area (TPSA) is 83.8 Å². The molecule has 0 aromatic carbocycles. The predicted octanol–water partition coefficient (Wildman–Crippen LogP) is 1.93. The standard InChI is InChI=1S/C12H14N4OS2/c13-12-15-10-9(11(17)16-12)19-8(6-14-10)4-3-7-2-1-5-18-7/h1-2,5,8H,3-4,6H2,(H4,13,14,15,16,17)/t8-/m1/s1. The molecule has 1 atom stereocenters. The summed E-state index contributed by atoms with van der Waals surface area (Å²) in [6, 6.07) is 4.22. The van der Waals surface area contributed by atoms with Gasteiger partial charge in [0.2, 0.25) is 5.95 Å². The number of nitrogens with two attached hydrogens (primary N) is 1. The van der Waals surface area contributed by atoms with Crippen molar-refractivity contribution in [1.82, 2.24) is 9.97 Å². The Bertz CT molecular complexity index is 623. The van der Waals surface area contributed by atoms with Crippen molar-refractivity contribution < 1.29 is 0 Å². The summed E-state index contributed by atoms with van der Waals surface area (Å²) >= 11 is 3.37. The van der Waals surface area contributed by atoms with Crippen molar-refractivity contribution in [1.29, 1.82) is 0 Å². The average Bonchev–Trinajstić information content (AvgIpc) is 2.89. The third kappa shape index (κ3) is 2.76. The number of thioether (sulfide) groups is 1. The van der Waals surface area contributed by atoms with Crippen LogP contribution in [0.15, 0.2) is 27.2 Å². The Morgan fingerprint density at radius 3 is 3.21 bits per heavy atom. The number of nitrogens with one attached hydrogen (secondary N) is 2. The molecule has 7 heteroatoms. The van der Waals surface area contributed by atoms with Gasteiger partial charge < -0.3 is 11.1 Å². The summed E-state index contributed by atoms with van der Waals surface area (Å²) in [5, 5.41) is 5.68. The van der Waals surface area contributed by atoms with Gasteiger partial charge in [-0.1, -0.05) is 6.07 Å². The summed E-state index contributed by atoms with van der Waals surface area (Å²) in [7, 11) is 0. The third-order valence-corrected chi connectivity index (χ3v) is 5.26. The minimum Gasteiger partial charge on any atom is -0.369 e. The molecule has 2 aromatic rings. The van der Waals surface area contributed by atoms with Gasteiger partial charge in [0.15, 0.2) is 0 Å². The Balaban J connectivity index is 1.70. The van der Waals surface area contributed by atoms with E-state index >= 15 is 0 Å². The van der Waals surface area contributed by atoms with E-state index < -0.39 is 0 Å². The molecule has 0 amide bonds. The molecule has 0 radical (unpaired) electrons. The van der Waals surface area contributed by atoms with Crippen LogP contribution in [0.3, 0.4) is 0 Å². The van der Waals surface area contributed by atoms with E-state index in [4.69, 9.17) is 5.73 Å². The lowest BCUT2D eigenvalue weighted by molar-refractivity contribution is 0.772. The van der Waals surface area contributed by atoms with Gasteiger partial charge in [0.05, 0.1) is 0 Å². The zero-order valence-corrected chi connectivity index (χ0v) is 11.8.